The fourth-order valence-corrected chi connectivity index (χ4v) is 8.11. The second kappa shape index (κ2) is 12.3. The highest BCUT2D eigenvalue weighted by molar-refractivity contribution is 5.89. The van der Waals surface area contributed by atoms with Crippen LogP contribution in [0.1, 0.15) is 48.8 Å². The fraction of sp³-hybridized carbons (Fsp3) is 0.133. The molecule has 238 valence electrons. The molecular formula is C45H33N5. The van der Waals surface area contributed by atoms with Crippen molar-refractivity contribution < 1.29 is 0 Å². The molecule has 0 bridgehead atoms. The van der Waals surface area contributed by atoms with Gasteiger partial charge in [0.1, 0.15) is 0 Å². The van der Waals surface area contributed by atoms with Crippen LogP contribution in [0.5, 0.6) is 0 Å². The van der Waals surface area contributed by atoms with Crippen molar-refractivity contribution in [3.8, 4) is 73.6 Å². The Morgan fingerprint density at radius 3 is 1.88 bits per heavy atom. The van der Waals surface area contributed by atoms with Crippen molar-refractivity contribution in [2.24, 2.45) is 0 Å². The third-order valence-corrected chi connectivity index (χ3v) is 10.4. The van der Waals surface area contributed by atoms with Crippen molar-refractivity contribution in [3.05, 3.63) is 156 Å². The molecule has 7 aromatic rings. The minimum atomic E-state index is -0.0921. The monoisotopic (exact) mass is 643 g/mol. The average Bonchev–Trinajstić information content (AvgIpc) is 3.46. The van der Waals surface area contributed by atoms with Crippen LogP contribution < -0.4 is 0 Å². The molecule has 0 atom stereocenters. The number of nitriles is 1. The first-order chi connectivity index (χ1) is 24.7. The van der Waals surface area contributed by atoms with Gasteiger partial charge in [0.25, 0.3) is 0 Å². The molecule has 0 amide bonds. The molecule has 0 N–H and O–H groups in total. The Kier molecular flexibility index (Phi) is 7.36. The largest absolute Gasteiger partial charge is 0.264 e. The third kappa shape index (κ3) is 5.09. The lowest BCUT2D eigenvalue weighted by molar-refractivity contribution is 0.353. The predicted octanol–water partition coefficient (Wildman–Crippen LogP) is 10.7. The molecule has 0 saturated heterocycles. The van der Waals surface area contributed by atoms with Crippen LogP contribution in [0.4, 0.5) is 0 Å². The van der Waals surface area contributed by atoms with Crippen LogP contribution in [-0.4, -0.2) is 19.9 Å². The number of aromatic nitrogens is 4. The number of fused-ring (bicyclic) bond motifs is 5. The standard InChI is InChI=1S/C45H33N5/c46-28-30-17-22-38-39-16-8-15-37(41(39)45(40(38)26-30)23-5-2-6-24-45)34-12-7-13-35(27-34)44-49-42(32-10-3-1-4-11-32)48-43(50-44)33-20-18-31(19-21-33)36-14-9-25-47-29-36/h1,3-4,7-22,25-27,29H,2,5-6,23-24H2. The van der Waals surface area contributed by atoms with Gasteiger partial charge in [0.2, 0.25) is 0 Å². The Morgan fingerprint density at radius 2 is 1.14 bits per heavy atom. The second-order valence-electron chi connectivity index (χ2n) is 13.3. The molecule has 5 nitrogen and oxygen atoms in total. The van der Waals surface area contributed by atoms with Crippen molar-refractivity contribution in [3.63, 3.8) is 0 Å². The van der Waals surface area contributed by atoms with E-state index in [1.807, 2.05) is 48.7 Å². The number of rotatable bonds is 5. The molecule has 1 saturated carbocycles. The van der Waals surface area contributed by atoms with Crippen molar-refractivity contribution in [1.82, 2.24) is 19.9 Å². The molecule has 2 aliphatic rings. The van der Waals surface area contributed by atoms with Gasteiger partial charge in [-0.25, -0.2) is 15.0 Å². The summed E-state index contributed by atoms with van der Waals surface area (Å²) in [6.45, 7) is 0. The predicted molar refractivity (Wildman–Crippen MR) is 199 cm³/mol. The van der Waals surface area contributed by atoms with Gasteiger partial charge in [-0.05, 0) is 81.6 Å². The normalized spacial score (nSPS) is 14.1. The minimum absolute atomic E-state index is 0.0921. The first kappa shape index (κ1) is 29.9. The lowest BCUT2D eigenvalue weighted by Crippen LogP contribution is -2.28. The van der Waals surface area contributed by atoms with Gasteiger partial charge in [0.05, 0.1) is 11.6 Å². The molecule has 2 aliphatic carbocycles. The number of hydrogen-bond acceptors (Lipinski definition) is 5. The summed E-state index contributed by atoms with van der Waals surface area (Å²) in [6, 6.07) is 46.5. The molecule has 5 aromatic carbocycles. The fourth-order valence-electron chi connectivity index (χ4n) is 8.11. The summed E-state index contributed by atoms with van der Waals surface area (Å²) in [4.78, 5) is 19.4. The number of nitrogens with zero attached hydrogens (tertiary/aromatic N) is 5. The third-order valence-electron chi connectivity index (χ3n) is 10.4. The highest BCUT2D eigenvalue weighted by Gasteiger charge is 2.45. The number of hydrogen-bond donors (Lipinski definition) is 0. The Hall–Kier alpha value is -6.25. The number of benzene rings is 5. The maximum Gasteiger partial charge on any atom is 0.164 e. The van der Waals surface area contributed by atoms with E-state index < -0.39 is 0 Å². The molecular weight excluding hydrogens is 611 g/mol. The van der Waals surface area contributed by atoms with Gasteiger partial charge in [-0.2, -0.15) is 5.26 Å². The zero-order valence-electron chi connectivity index (χ0n) is 27.6. The Balaban J connectivity index is 1.17. The summed E-state index contributed by atoms with van der Waals surface area (Å²) in [7, 11) is 0. The molecule has 0 radical (unpaired) electrons. The van der Waals surface area contributed by atoms with E-state index in [2.05, 4.69) is 96.0 Å². The molecule has 2 heterocycles. The topological polar surface area (TPSA) is 75.3 Å². The van der Waals surface area contributed by atoms with Gasteiger partial charge in [0.15, 0.2) is 17.5 Å². The molecule has 1 spiro atoms. The molecule has 9 rings (SSSR count). The van der Waals surface area contributed by atoms with E-state index in [9.17, 15) is 5.26 Å². The summed E-state index contributed by atoms with van der Waals surface area (Å²) < 4.78 is 0. The molecule has 0 unspecified atom stereocenters. The summed E-state index contributed by atoms with van der Waals surface area (Å²) in [5, 5.41) is 9.82. The van der Waals surface area contributed by atoms with E-state index in [1.54, 1.807) is 6.20 Å². The highest BCUT2D eigenvalue weighted by atomic mass is 15.0. The van der Waals surface area contributed by atoms with E-state index in [4.69, 9.17) is 15.0 Å². The van der Waals surface area contributed by atoms with Gasteiger partial charge in [-0.1, -0.05) is 122 Å². The van der Waals surface area contributed by atoms with E-state index in [1.165, 1.54) is 47.1 Å². The van der Waals surface area contributed by atoms with Crippen molar-refractivity contribution in [2.75, 3.05) is 0 Å². The van der Waals surface area contributed by atoms with Crippen LogP contribution in [-0.2, 0) is 5.41 Å². The van der Waals surface area contributed by atoms with Crippen LogP contribution in [0, 0.1) is 11.3 Å². The number of pyridine rings is 1. The summed E-state index contributed by atoms with van der Waals surface area (Å²) in [5.74, 6) is 1.90. The zero-order valence-corrected chi connectivity index (χ0v) is 27.6. The van der Waals surface area contributed by atoms with Crippen LogP contribution in [0.15, 0.2) is 140 Å². The Bertz CT molecular complexity index is 2400. The second-order valence-corrected chi connectivity index (χ2v) is 13.3. The van der Waals surface area contributed by atoms with Crippen LogP contribution in [0.25, 0.3) is 67.5 Å². The maximum absolute atomic E-state index is 9.82. The lowest BCUT2D eigenvalue weighted by Gasteiger charge is -2.37. The lowest BCUT2D eigenvalue weighted by atomic mass is 9.66. The molecule has 2 aromatic heterocycles. The Morgan fingerprint density at radius 1 is 0.500 bits per heavy atom. The summed E-state index contributed by atoms with van der Waals surface area (Å²) >= 11 is 0. The van der Waals surface area contributed by atoms with Crippen molar-refractivity contribution in [2.45, 2.75) is 37.5 Å². The first-order valence-corrected chi connectivity index (χ1v) is 17.3. The molecule has 1 fully saturated rings. The van der Waals surface area contributed by atoms with Crippen molar-refractivity contribution >= 4 is 0 Å². The maximum atomic E-state index is 9.82. The van der Waals surface area contributed by atoms with Gasteiger partial charge >= 0.3 is 0 Å². The smallest absolute Gasteiger partial charge is 0.164 e. The van der Waals surface area contributed by atoms with E-state index >= 15 is 0 Å². The molecule has 50 heavy (non-hydrogen) atoms. The molecule has 0 aliphatic heterocycles. The van der Waals surface area contributed by atoms with Gasteiger partial charge < -0.3 is 0 Å². The van der Waals surface area contributed by atoms with Gasteiger partial charge in [-0.15, -0.1) is 0 Å². The SMILES string of the molecule is N#Cc1ccc2c(c1)C1(CCCCC1)c1c(-c3cccc(-c4nc(-c5ccccc5)nc(-c5ccc(-c6cccnc6)cc5)n4)c3)cccc1-2. The van der Waals surface area contributed by atoms with Gasteiger partial charge in [0, 0.05) is 34.5 Å². The molecule has 5 heteroatoms. The van der Waals surface area contributed by atoms with E-state index in [0.29, 0.717) is 17.5 Å². The van der Waals surface area contributed by atoms with Crippen LogP contribution >= 0.6 is 0 Å². The zero-order chi connectivity index (χ0) is 33.5. The van der Waals surface area contributed by atoms with E-state index in [0.717, 1.165) is 51.8 Å². The van der Waals surface area contributed by atoms with Crippen LogP contribution in [0.2, 0.25) is 0 Å². The van der Waals surface area contributed by atoms with E-state index in [-0.39, 0.29) is 5.41 Å². The highest BCUT2D eigenvalue weighted by Crippen LogP contribution is 2.58. The van der Waals surface area contributed by atoms with Gasteiger partial charge in [-0.3, -0.25) is 4.98 Å². The quantitative estimate of drug-likeness (QED) is 0.187. The van der Waals surface area contributed by atoms with Crippen LogP contribution in [0.3, 0.4) is 0 Å². The average molecular weight is 644 g/mol. The summed E-state index contributed by atoms with van der Waals surface area (Å²) in [6.07, 6.45) is 9.46. The van der Waals surface area contributed by atoms with Crippen molar-refractivity contribution in [1.29, 1.82) is 5.26 Å². The summed E-state index contributed by atoms with van der Waals surface area (Å²) in [5.41, 5.74) is 13.2. The Labute approximate surface area is 292 Å². The first-order valence-electron chi connectivity index (χ1n) is 17.3. The minimum Gasteiger partial charge on any atom is -0.264 e.